The van der Waals surface area contributed by atoms with E-state index in [4.69, 9.17) is 9.84 Å². The van der Waals surface area contributed by atoms with Gasteiger partial charge in [-0.2, -0.15) is 9.61 Å². The fourth-order valence-corrected chi connectivity index (χ4v) is 6.41. The van der Waals surface area contributed by atoms with E-state index in [9.17, 15) is 4.79 Å². The van der Waals surface area contributed by atoms with Crippen LogP contribution in [0, 0.1) is 0 Å². The molecule has 1 aliphatic carbocycles. The van der Waals surface area contributed by atoms with Crippen molar-refractivity contribution in [3.8, 4) is 0 Å². The molecule has 33 heavy (non-hydrogen) atoms. The molecule has 3 aliphatic rings. The average molecular weight is 480 g/mol. The number of ether oxygens (including phenoxy) is 1. The van der Waals surface area contributed by atoms with Crippen LogP contribution >= 0.6 is 23.1 Å². The zero-order valence-electron chi connectivity index (χ0n) is 17.7. The first-order valence-electron chi connectivity index (χ1n) is 11.1. The summed E-state index contributed by atoms with van der Waals surface area (Å²) in [5, 5.41) is 17.7. The Morgan fingerprint density at radius 2 is 2.18 bits per heavy atom. The van der Waals surface area contributed by atoms with E-state index < -0.39 is 0 Å². The fourth-order valence-electron chi connectivity index (χ4n) is 4.59. The standard InChI is InChI=1S/C22H21N7O2S2/c30-20(10-28-9-14-7-13(28)11-31-14)24-21-23-17-4-3-15(8-18(17)33-21)32-22-26-25-19-6-5-16(12-1-2-12)27-29(19)22/h3-6,8,12-14H,1-2,7,9-11H2,(H,23,24,30)/t13-,14+/m0/s1. The van der Waals surface area contributed by atoms with Crippen LogP contribution in [0.4, 0.5) is 5.13 Å². The second-order valence-electron chi connectivity index (χ2n) is 8.86. The lowest BCUT2D eigenvalue weighted by atomic mass is 10.2. The van der Waals surface area contributed by atoms with Gasteiger partial charge in [-0.05, 0) is 61.4 Å². The normalized spacial score (nSPS) is 22.5. The Morgan fingerprint density at radius 1 is 1.24 bits per heavy atom. The molecule has 1 aromatic carbocycles. The van der Waals surface area contributed by atoms with Crippen molar-refractivity contribution >= 4 is 50.0 Å². The van der Waals surface area contributed by atoms with Gasteiger partial charge in [-0.25, -0.2) is 4.98 Å². The Morgan fingerprint density at radius 3 is 3.00 bits per heavy atom. The lowest BCUT2D eigenvalue weighted by Gasteiger charge is -2.25. The Balaban J connectivity index is 1.07. The van der Waals surface area contributed by atoms with E-state index in [1.54, 1.807) is 0 Å². The van der Waals surface area contributed by atoms with Gasteiger partial charge in [0.05, 0.1) is 35.2 Å². The highest BCUT2D eigenvalue weighted by molar-refractivity contribution is 7.99. The van der Waals surface area contributed by atoms with Crippen molar-refractivity contribution in [1.29, 1.82) is 0 Å². The van der Waals surface area contributed by atoms with Crippen molar-refractivity contribution < 1.29 is 9.53 Å². The minimum atomic E-state index is -0.0244. The predicted octanol–water partition coefficient (Wildman–Crippen LogP) is 3.17. The number of anilines is 1. The highest BCUT2D eigenvalue weighted by Crippen LogP contribution is 2.39. The van der Waals surface area contributed by atoms with Gasteiger partial charge in [0.15, 0.2) is 10.8 Å². The molecule has 2 atom stereocenters. The molecular formula is C22H21N7O2S2. The summed E-state index contributed by atoms with van der Waals surface area (Å²) in [7, 11) is 0. The van der Waals surface area contributed by atoms with Gasteiger partial charge in [0, 0.05) is 23.4 Å². The molecule has 168 valence electrons. The summed E-state index contributed by atoms with van der Waals surface area (Å²) in [6, 6.07) is 10.5. The topological polar surface area (TPSA) is 97.5 Å². The maximum atomic E-state index is 12.5. The summed E-state index contributed by atoms with van der Waals surface area (Å²) in [5.74, 6) is 0.550. The van der Waals surface area contributed by atoms with Gasteiger partial charge in [0.1, 0.15) is 0 Å². The van der Waals surface area contributed by atoms with Gasteiger partial charge in [0.25, 0.3) is 0 Å². The molecule has 4 aromatic rings. The maximum Gasteiger partial charge on any atom is 0.240 e. The average Bonchev–Trinajstić information content (AvgIpc) is 3.11. The van der Waals surface area contributed by atoms with Gasteiger partial charge in [-0.3, -0.25) is 9.69 Å². The highest BCUT2D eigenvalue weighted by Gasteiger charge is 2.39. The molecule has 1 amide bonds. The van der Waals surface area contributed by atoms with E-state index in [1.807, 2.05) is 22.7 Å². The Labute approximate surface area is 197 Å². The summed E-state index contributed by atoms with van der Waals surface area (Å²) >= 11 is 3.02. The molecule has 7 rings (SSSR count). The second-order valence-corrected chi connectivity index (χ2v) is 10.9. The van der Waals surface area contributed by atoms with E-state index in [1.165, 1.54) is 35.9 Å². The second kappa shape index (κ2) is 7.73. The Hall–Kier alpha value is -2.60. The monoisotopic (exact) mass is 479 g/mol. The quantitative estimate of drug-likeness (QED) is 0.450. The number of morpholine rings is 1. The van der Waals surface area contributed by atoms with Crippen LogP contribution in [0.5, 0.6) is 0 Å². The molecule has 2 saturated heterocycles. The molecular weight excluding hydrogens is 458 g/mol. The zero-order chi connectivity index (χ0) is 21.9. The molecule has 9 nitrogen and oxygen atoms in total. The van der Waals surface area contributed by atoms with Crippen LogP contribution in [0.15, 0.2) is 40.4 Å². The molecule has 3 fully saturated rings. The molecule has 1 saturated carbocycles. The lowest BCUT2D eigenvalue weighted by Crippen LogP contribution is -2.41. The van der Waals surface area contributed by atoms with Crippen molar-refractivity contribution in [2.75, 3.05) is 25.0 Å². The van der Waals surface area contributed by atoms with Gasteiger partial charge in [0.2, 0.25) is 11.1 Å². The van der Waals surface area contributed by atoms with Crippen molar-refractivity contribution in [2.24, 2.45) is 0 Å². The third-order valence-corrected chi connectivity index (χ3v) is 8.29. The minimum absolute atomic E-state index is 0.0244. The molecule has 0 unspecified atom stereocenters. The van der Waals surface area contributed by atoms with Crippen LogP contribution in [0.1, 0.15) is 30.9 Å². The lowest BCUT2D eigenvalue weighted by molar-refractivity contribution is -0.118. The van der Waals surface area contributed by atoms with Crippen LogP contribution in [-0.4, -0.2) is 67.4 Å². The molecule has 3 aromatic heterocycles. The van der Waals surface area contributed by atoms with E-state index >= 15 is 0 Å². The van der Waals surface area contributed by atoms with Gasteiger partial charge in [-0.15, -0.1) is 10.2 Å². The first kappa shape index (κ1) is 19.8. The van der Waals surface area contributed by atoms with Crippen molar-refractivity contribution in [1.82, 2.24) is 29.7 Å². The smallest absolute Gasteiger partial charge is 0.240 e. The number of aromatic nitrogens is 5. The van der Waals surface area contributed by atoms with Gasteiger partial charge < -0.3 is 10.1 Å². The van der Waals surface area contributed by atoms with Crippen molar-refractivity contribution in [2.45, 2.75) is 47.4 Å². The van der Waals surface area contributed by atoms with Crippen LogP contribution in [-0.2, 0) is 9.53 Å². The summed E-state index contributed by atoms with van der Waals surface area (Å²) < 4.78 is 8.46. The number of amides is 1. The summed E-state index contributed by atoms with van der Waals surface area (Å²) in [6.45, 7) is 1.96. The number of likely N-dealkylation sites (tertiary alicyclic amines) is 1. The zero-order valence-corrected chi connectivity index (χ0v) is 19.3. The first-order chi connectivity index (χ1) is 16.2. The Kier molecular flexibility index (Phi) is 4.64. The largest absolute Gasteiger partial charge is 0.375 e. The van der Waals surface area contributed by atoms with Crippen molar-refractivity contribution in [3.63, 3.8) is 0 Å². The number of hydrogen-bond acceptors (Lipinski definition) is 9. The minimum Gasteiger partial charge on any atom is -0.375 e. The number of hydrogen-bond donors (Lipinski definition) is 1. The van der Waals surface area contributed by atoms with Crippen molar-refractivity contribution in [3.05, 3.63) is 36.0 Å². The Bertz CT molecular complexity index is 1380. The number of rotatable bonds is 6. The van der Waals surface area contributed by atoms with E-state index in [-0.39, 0.29) is 5.91 Å². The number of thiazole rings is 1. The molecule has 0 radical (unpaired) electrons. The predicted molar refractivity (Wildman–Crippen MR) is 125 cm³/mol. The molecule has 0 spiro atoms. The SMILES string of the molecule is O=C(CN1C[C@H]2C[C@H]1CO2)Nc1nc2ccc(Sc3nnc4ccc(C5CC5)nn34)cc2s1. The van der Waals surface area contributed by atoms with Crippen LogP contribution < -0.4 is 5.32 Å². The molecule has 11 heteroatoms. The first-order valence-corrected chi connectivity index (χ1v) is 12.8. The number of fused-ring (bicyclic) bond motifs is 4. The van der Waals surface area contributed by atoms with Gasteiger partial charge >= 0.3 is 0 Å². The molecule has 5 heterocycles. The van der Waals surface area contributed by atoms with Crippen LogP contribution in [0.3, 0.4) is 0 Å². The van der Waals surface area contributed by atoms with E-state index in [0.717, 1.165) is 51.2 Å². The number of nitrogens with zero attached hydrogens (tertiary/aromatic N) is 6. The van der Waals surface area contributed by atoms with E-state index in [0.29, 0.717) is 29.7 Å². The third-order valence-electron chi connectivity index (χ3n) is 6.43. The summed E-state index contributed by atoms with van der Waals surface area (Å²) in [5.41, 5.74) is 2.73. The molecule has 2 aliphatic heterocycles. The maximum absolute atomic E-state index is 12.5. The molecule has 2 bridgehead atoms. The number of nitrogens with one attached hydrogen (secondary N) is 1. The molecule has 1 N–H and O–H groups in total. The number of carbonyl (C=O) groups is 1. The fraction of sp³-hybridized carbons (Fsp3) is 0.409. The van der Waals surface area contributed by atoms with Crippen LogP contribution in [0.2, 0.25) is 0 Å². The van der Waals surface area contributed by atoms with Gasteiger partial charge in [-0.1, -0.05) is 11.3 Å². The number of carbonyl (C=O) groups excluding carboxylic acids is 1. The van der Waals surface area contributed by atoms with Crippen LogP contribution in [0.25, 0.3) is 15.9 Å². The van der Waals surface area contributed by atoms with E-state index in [2.05, 4.69) is 37.5 Å². The highest BCUT2D eigenvalue weighted by atomic mass is 32.2. The number of benzene rings is 1. The third kappa shape index (κ3) is 3.78. The summed E-state index contributed by atoms with van der Waals surface area (Å²) in [4.78, 5) is 20.4. The summed E-state index contributed by atoms with van der Waals surface area (Å²) in [6.07, 6.45) is 3.74.